The van der Waals surface area contributed by atoms with E-state index in [0.29, 0.717) is 18.8 Å². The first-order valence-electron chi connectivity index (χ1n) is 10.3. The molecule has 4 rings (SSSR count). The van der Waals surface area contributed by atoms with Crippen molar-refractivity contribution in [2.45, 2.75) is 27.4 Å². The number of carbonyl (C=O) groups is 1. The Morgan fingerprint density at radius 1 is 1.09 bits per heavy atom. The molecule has 0 aliphatic heterocycles. The summed E-state index contributed by atoms with van der Waals surface area (Å²) < 4.78 is 19.4. The number of halogens is 1. The van der Waals surface area contributed by atoms with Crippen molar-refractivity contribution >= 4 is 21.9 Å². The van der Waals surface area contributed by atoms with E-state index in [0.717, 1.165) is 44.3 Å². The van der Waals surface area contributed by atoms with Crippen molar-refractivity contribution in [1.29, 1.82) is 0 Å². The third kappa shape index (κ3) is 4.62. The minimum absolute atomic E-state index is 0.296. The Bertz CT molecular complexity index is 1260. The van der Waals surface area contributed by atoms with Crippen LogP contribution in [0.1, 0.15) is 34.4 Å². The van der Waals surface area contributed by atoms with Crippen LogP contribution >= 0.6 is 15.9 Å². The molecule has 2 aromatic heterocycles. The Morgan fingerprint density at radius 2 is 1.94 bits per heavy atom. The number of nitrogens with zero attached hydrogens (tertiary/aromatic N) is 2. The summed E-state index contributed by atoms with van der Waals surface area (Å²) in [4.78, 5) is 12.3. The second-order valence-electron chi connectivity index (χ2n) is 7.32. The van der Waals surface area contributed by atoms with Crippen LogP contribution in [0, 0.1) is 13.8 Å². The first-order chi connectivity index (χ1) is 15.5. The van der Waals surface area contributed by atoms with E-state index in [1.807, 2.05) is 68.4 Å². The fraction of sp³-hybridized carbons (Fsp3) is 0.200. The molecule has 0 amide bonds. The number of hydrogen-bond acceptors (Lipinski definition) is 5. The van der Waals surface area contributed by atoms with Gasteiger partial charge >= 0.3 is 5.97 Å². The Hall–Kier alpha value is -3.32. The summed E-state index contributed by atoms with van der Waals surface area (Å²) in [5, 5.41) is 4.00. The first kappa shape index (κ1) is 21.9. The number of hydrogen-bond donors (Lipinski definition) is 0. The highest BCUT2D eigenvalue weighted by Gasteiger charge is 2.17. The average Bonchev–Trinajstić information content (AvgIpc) is 3.38. The zero-order valence-corrected chi connectivity index (χ0v) is 19.7. The first-order valence-corrected chi connectivity index (χ1v) is 11.1. The van der Waals surface area contributed by atoms with Crippen LogP contribution < -0.4 is 4.74 Å². The molecule has 0 bridgehead atoms. The number of esters is 1. The highest BCUT2D eigenvalue weighted by atomic mass is 79.9. The number of carbonyl (C=O) groups excluding carboxylic acids is 1. The van der Waals surface area contributed by atoms with Gasteiger partial charge in [-0.25, -0.2) is 4.79 Å². The quantitative estimate of drug-likeness (QED) is 0.283. The van der Waals surface area contributed by atoms with Gasteiger partial charge in [-0.3, -0.25) is 0 Å². The van der Waals surface area contributed by atoms with E-state index in [-0.39, 0.29) is 5.97 Å². The maximum absolute atomic E-state index is 12.3. The van der Waals surface area contributed by atoms with Gasteiger partial charge in [0.05, 0.1) is 17.9 Å². The maximum atomic E-state index is 12.3. The van der Waals surface area contributed by atoms with Crippen LogP contribution in [-0.2, 0) is 11.3 Å². The normalized spacial score (nSPS) is 10.9. The SMILES string of the molecule is CCOC(=O)c1cccc(-n2c(C)ccc2-c2cc(Br)ccc2OCc2cc(C)on2)c1. The van der Waals surface area contributed by atoms with Crippen LogP contribution in [0.4, 0.5) is 0 Å². The molecule has 0 atom stereocenters. The van der Waals surface area contributed by atoms with Crippen molar-refractivity contribution in [2.75, 3.05) is 6.61 Å². The van der Waals surface area contributed by atoms with Gasteiger partial charge in [-0.1, -0.05) is 27.2 Å². The van der Waals surface area contributed by atoms with Crippen molar-refractivity contribution in [3.63, 3.8) is 0 Å². The molecule has 0 fully saturated rings. The van der Waals surface area contributed by atoms with Crippen LogP contribution in [0.25, 0.3) is 16.9 Å². The molecule has 0 aliphatic carbocycles. The summed E-state index contributed by atoms with van der Waals surface area (Å²) in [5.74, 6) is 1.12. The van der Waals surface area contributed by atoms with Crippen LogP contribution in [0.15, 0.2) is 69.7 Å². The number of benzene rings is 2. The van der Waals surface area contributed by atoms with Gasteiger partial charge in [0.25, 0.3) is 0 Å². The van der Waals surface area contributed by atoms with Crippen molar-refractivity contribution in [1.82, 2.24) is 9.72 Å². The molecular weight excluding hydrogens is 472 g/mol. The molecule has 0 unspecified atom stereocenters. The summed E-state index contributed by atoms with van der Waals surface area (Å²) in [6.07, 6.45) is 0. The summed E-state index contributed by atoms with van der Waals surface area (Å²) in [7, 11) is 0. The number of aryl methyl sites for hydroxylation is 2. The van der Waals surface area contributed by atoms with Gasteiger partial charge in [0.15, 0.2) is 0 Å². The molecule has 0 spiro atoms. The molecule has 4 aromatic rings. The Morgan fingerprint density at radius 3 is 2.69 bits per heavy atom. The second kappa shape index (κ2) is 9.44. The molecule has 2 aromatic carbocycles. The van der Waals surface area contributed by atoms with E-state index >= 15 is 0 Å². The van der Waals surface area contributed by atoms with Crippen LogP contribution in [0.2, 0.25) is 0 Å². The lowest BCUT2D eigenvalue weighted by Crippen LogP contribution is -2.07. The second-order valence-corrected chi connectivity index (χ2v) is 8.24. The molecule has 0 saturated heterocycles. The van der Waals surface area contributed by atoms with Gasteiger partial charge in [0.2, 0.25) is 0 Å². The predicted molar refractivity (Wildman–Crippen MR) is 125 cm³/mol. The lowest BCUT2D eigenvalue weighted by molar-refractivity contribution is 0.0526. The smallest absolute Gasteiger partial charge is 0.338 e. The van der Waals surface area contributed by atoms with Crippen molar-refractivity contribution in [3.8, 4) is 22.7 Å². The van der Waals surface area contributed by atoms with Gasteiger partial charge < -0.3 is 18.6 Å². The molecule has 0 aliphatic rings. The minimum atomic E-state index is -0.338. The largest absolute Gasteiger partial charge is 0.486 e. The number of ether oxygens (including phenoxy) is 2. The van der Waals surface area contributed by atoms with Gasteiger partial charge in [-0.05, 0) is 69.3 Å². The average molecular weight is 495 g/mol. The van der Waals surface area contributed by atoms with E-state index < -0.39 is 0 Å². The maximum Gasteiger partial charge on any atom is 0.338 e. The summed E-state index contributed by atoms with van der Waals surface area (Å²) in [6, 6.07) is 19.2. The van der Waals surface area contributed by atoms with E-state index in [2.05, 4.69) is 25.7 Å². The van der Waals surface area contributed by atoms with Gasteiger partial charge in [0.1, 0.15) is 23.8 Å². The standard InChI is InChI=1S/C25H23BrN2O4/c1-4-30-25(29)18-6-5-7-21(13-18)28-16(2)8-10-23(28)22-14-19(26)9-11-24(22)31-15-20-12-17(3)32-27-20/h5-14H,4,15H2,1-3H3. The van der Waals surface area contributed by atoms with E-state index in [1.54, 1.807) is 13.0 Å². The third-order valence-corrected chi connectivity index (χ3v) is 5.45. The number of rotatable bonds is 7. The van der Waals surface area contributed by atoms with Gasteiger partial charge in [-0.2, -0.15) is 0 Å². The molecule has 164 valence electrons. The molecule has 0 radical (unpaired) electrons. The Balaban J connectivity index is 1.74. The Kier molecular flexibility index (Phi) is 6.46. The zero-order chi connectivity index (χ0) is 22.7. The van der Waals surface area contributed by atoms with Crippen LogP contribution in [0.3, 0.4) is 0 Å². The molecule has 6 nitrogen and oxygen atoms in total. The fourth-order valence-electron chi connectivity index (χ4n) is 3.54. The highest BCUT2D eigenvalue weighted by Crippen LogP contribution is 2.36. The van der Waals surface area contributed by atoms with Crippen molar-refractivity contribution < 1.29 is 18.8 Å². The zero-order valence-electron chi connectivity index (χ0n) is 18.1. The lowest BCUT2D eigenvalue weighted by atomic mass is 10.1. The van der Waals surface area contributed by atoms with Gasteiger partial charge in [0, 0.05) is 27.5 Å². The number of aromatic nitrogens is 2. The fourth-order valence-corrected chi connectivity index (χ4v) is 3.90. The third-order valence-electron chi connectivity index (χ3n) is 4.96. The van der Waals surface area contributed by atoms with Crippen molar-refractivity contribution in [2.24, 2.45) is 0 Å². The van der Waals surface area contributed by atoms with E-state index in [1.165, 1.54) is 0 Å². The van der Waals surface area contributed by atoms with E-state index in [9.17, 15) is 4.79 Å². The molecule has 0 saturated carbocycles. The lowest BCUT2D eigenvalue weighted by Gasteiger charge is -2.16. The molecule has 2 heterocycles. The monoisotopic (exact) mass is 494 g/mol. The van der Waals surface area contributed by atoms with E-state index in [4.69, 9.17) is 14.0 Å². The summed E-state index contributed by atoms with van der Waals surface area (Å²) in [6.45, 7) is 6.30. The highest BCUT2D eigenvalue weighted by molar-refractivity contribution is 9.10. The van der Waals surface area contributed by atoms with Crippen molar-refractivity contribution in [3.05, 3.63) is 87.8 Å². The molecule has 32 heavy (non-hydrogen) atoms. The van der Waals surface area contributed by atoms with Crippen LogP contribution in [0.5, 0.6) is 5.75 Å². The summed E-state index contributed by atoms with van der Waals surface area (Å²) >= 11 is 3.58. The minimum Gasteiger partial charge on any atom is -0.486 e. The molecular formula is C25H23BrN2O4. The predicted octanol–water partition coefficient (Wildman–Crippen LogP) is 6.27. The topological polar surface area (TPSA) is 66.5 Å². The molecule has 7 heteroatoms. The van der Waals surface area contributed by atoms with Gasteiger partial charge in [-0.15, -0.1) is 0 Å². The van der Waals surface area contributed by atoms with Crippen LogP contribution in [-0.4, -0.2) is 22.3 Å². The Labute approximate surface area is 194 Å². The molecule has 0 N–H and O–H groups in total. The summed E-state index contributed by atoms with van der Waals surface area (Å²) in [5.41, 5.74) is 4.98.